The van der Waals surface area contributed by atoms with Crippen LogP contribution in [-0.2, 0) is 14.8 Å². The van der Waals surface area contributed by atoms with Crippen LogP contribution >= 0.6 is 12.2 Å². The number of thiocarbonyl (C=S) groups is 1. The van der Waals surface area contributed by atoms with Crippen LogP contribution in [0.4, 0.5) is 4.39 Å². The maximum atomic E-state index is 14.3. The summed E-state index contributed by atoms with van der Waals surface area (Å²) in [4.78, 5) is 14.2. The monoisotopic (exact) mass is 443 g/mol. The number of halogens is 1. The van der Waals surface area contributed by atoms with Gasteiger partial charge in [-0.15, -0.1) is 0 Å². The molecule has 160 valence electrons. The van der Waals surface area contributed by atoms with Gasteiger partial charge in [0.25, 0.3) is 5.91 Å². The summed E-state index contributed by atoms with van der Waals surface area (Å²) in [5, 5.41) is 3.00. The summed E-state index contributed by atoms with van der Waals surface area (Å²) in [6.07, 6.45) is 4.08. The van der Waals surface area contributed by atoms with Crippen molar-refractivity contribution in [2.45, 2.75) is 43.5 Å². The summed E-state index contributed by atoms with van der Waals surface area (Å²) in [5.74, 6) is -1.44. The fourth-order valence-electron chi connectivity index (χ4n) is 3.70. The molecule has 0 saturated carbocycles. The smallest absolute Gasteiger partial charge is 0.257 e. The Bertz CT molecular complexity index is 872. The lowest BCUT2D eigenvalue weighted by Crippen LogP contribution is -2.49. The molecule has 2 aliphatic heterocycles. The third-order valence-electron chi connectivity index (χ3n) is 5.36. The van der Waals surface area contributed by atoms with Crippen molar-refractivity contribution in [3.8, 4) is 0 Å². The molecule has 7 nitrogen and oxygen atoms in total. The second kappa shape index (κ2) is 9.46. The normalized spacial score (nSPS) is 21.0. The molecule has 3 rings (SSSR count). The van der Waals surface area contributed by atoms with Crippen LogP contribution in [0.3, 0.4) is 0 Å². The second-order valence-electron chi connectivity index (χ2n) is 7.17. The zero-order valence-electron chi connectivity index (χ0n) is 16.4. The summed E-state index contributed by atoms with van der Waals surface area (Å²) >= 11 is 5.41. The van der Waals surface area contributed by atoms with E-state index >= 15 is 0 Å². The predicted octanol–water partition coefficient (Wildman–Crippen LogP) is 2.13. The molecule has 29 heavy (non-hydrogen) atoms. The number of hydrogen-bond acceptors (Lipinski definition) is 5. The molecule has 1 aromatic rings. The van der Waals surface area contributed by atoms with Crippen LogP contribution < -0.4 is 5.32 Å². The Labute approximate surface area is 176 Å². The molecule has 0 bridgehead atoms. The van der Waals surface area contributed by atoms with Crippen molar-refractivity contribution in [2.24, 2.45) is 0 Å². The molecule has 0 radical (unpaired) electrons. The van der Waals surface area contributed by atoms with E-state index in [2.05, 4.69) is 12.2 Å². The van der Waals surface area contributed by atoms with Gasteiger partial charge in [-0.25, -0.2) is 12.8 Å². The molecule has 0 spiro atoms. The van der Waals surface area contributed by atoms with E-state index in [0.717, 1.165) is 44.4 Å². The summed E-state index contributed by atoms with van der Waals surface area (Å²) in [6, 6.07) is 3.62. The van der Waals surface area contributed by atoms with Crippen LogP contribution in [0.15, 0.2) is 23.1 Å². The van der Waals surface area contributed by atoms with E-state index in [-0.39, 0.29) is 37.9 Å². The number of nitrogens with zero attached hydrogens (tertiary/aromatic N) is 2. The first-order valence-electron chi connectivity index (χ1n) is 9.84. The lowest BCUT2D eigenvalue weighted by Gasteiger charge is -2.37. The minimum absolute atomic E-state index is 0.0469. The molecule has 0 unspecified atom stereocenters. The van der Waals surface area contributed by atoms with Gasteiger partial charge in [0.15, 0.2) is 5.11 Å². The maximum absolute atomic E-state index is 14.3. The Balaban J connectivity index is 1.78. The fraction of sp³-hybridized carbons (Fsp3) is 0.579. The van der Waals surface area contributed by atoms with E-state index in [9.17, 15) is 17.6 Å². The molecule has 2 fully saturated rings. The molecule has 1 amide bonds. The largest absolute Gasteiger partial charge is 0.379 e. The Morgan fingerprint density at radius 1 is 1.28 bits per heavy atom. The van der Waals surface area contributed by atoms with Crippen molar-refractivity contribution in [3.05, 3.63) is 29.6 Å². The van der Waals surface area contributed by atoms with Crippen molar-refractivity contribution in [2.75, 3.05) is 32.8 Å². The molecule has 2 saturated heterocycles. The van der Waals surface area contributed by atoms with Gasteiger partial charge in [-0.1, -0.05) is 6.92 Å². The van der Waals surface area contributed by atoms with Gasteiger partial charge >= 0.3 is 0 Å². The fourth-order valence-corrected chi connectivity index (χ4v) is 5.53. The van der Waals surface area contributed by atoms with Gasteiger partial charge in [-0.2, -0.15) is 4.31 Å². The molecule has 0 aliphatic carbocycles. The van der Waals surface area contributed by atoms with E-state index in [0.29, 0.717) is 5.11 Å². The Morgan fingerprint density at radius 3 is 2.69 bits per heavy atom. The molecule has 1 N–H and O–H groups in total. The Morgan fingerprint density at radius 2 is 2.00 bits per heavy atom. The number of likely N-dealkylation sites (tertiary alicyclic amines) is 1. The Hall–Kier alpha value is -1.62. The van der Waals surface area contributed by atoms with Gasteiger partial charge in [-0.3, -0.25) is 10.1 Å². The average Bonchev–Trinajstić information content (AvgIpc) is 2.74. The minimum atomic E-state index is -4.06. The van der Waals surface area contributed by atoms with Crippen LogP contribution in [0.2, 0.25) is 0 Å². The van der Waals surface area contributed by atoms with Crippen molar-refractivity contribution < 1.29 is 22.3 Å². The number of carbonyl (C=O) groups is 1. The number of amides is 1. The number of hydrogen-bond donors (Lipinski definition) is 1. The zero-order valence-corrected chi connectivity index (χ0v) is 18.0. The Kier molecular flexibility index (Phi) is 7.20. The highest BCUT2D eigenvalue weighted by molar-refractivity contribution is 7.89. The van der Waals surface area contributed by atoms with Crippen molar-refractivity contribution in [1.29, 1.82) is 0 Å². The van der Waals surface area contributed by atoms with Crippen LogP contribution in [0, 0.1) is 5.82 Å². The summed E-state index contributed by atoms with van der Waals surface area (Å²) < 4.78 is 46.3. The van der Waals surface area contributed by atoms with Crippen LogP contribution in [-0.4, -0.2) is 67.5 Å². The van der Waals surface area contributed by atoms with Gasteiger partial charge in [0.05, 0.1) is 13.2 Å². The lowest BCUT2D eigenvalue weighted by molar-refractivity contribution is 0.0729. The number of rotatable bonds is 4. The topological polar surface area (TPSA) is 79.0 Å². The summed E-state index contributed by atoms with van der Waals surface area (Å²) in [7, 11) is -4.06. The molecule has 1 aromatic carbocycles. The van der Waals surface area contributed by atoms with Crippen LogP contribution in [0.1, 0.15) is 43.0 Å². The number of piperidine rings is 1. The van der Waals surface area contributed by atoms with Gasteiger partial charge in [0.2, 0.25) is 10.0 Å². The first-order chi connectivity index (χ1) is 13.8. The molecule has 10 heteroatoms. The van der Waals surface area contributed by atoms with Gasteiger partial charge < -0.3 is 9.64 Å². The number of sulfonamides is 1. The number of ether oxygens (including phenoxy) is 1. The molecular weight excluding hydrogens is 417 g/mol. The van der Waals surface area contributed by atoms with E-state index in [1.807, 2.05) is 4.90 Å². The SMILES string of the molecule is CC[C@H]1CCCCN1C(=S)NC(=O)c1ccc(F)c(S(=O)(=O)N2CCOCC2)c1. The highest BCUT2D eigenvalue weighted by Gasteiger charge is 2.30. The third-order valence-corrected chi connectivity index (χ3v) is 7.61. The number of nitrogens with one attached hydrogen (secondary N) is 1. The molecule has 0 aromatic heterocycles. The molecule has 2 aliphatic rings. The van der Waals surface area contributed by atoms with Gasteiger partial charge in [0.1, 0.15) is 10.7 Å². The number of morpholine rings is 1. The first-order valence-corrected chi connectivity index (χ1v) is 11.7. The lowest BCUT2D eigenvalue weighted by atomic mass is 10.0. The number of benzene rings is 1. The number of carbonyl (C=O) groups excluding carboxylic acids is 1. The zero-order chi connectivity index (χ0) is 21.0. The van der Waals surface area contributed by atoms with Crippen molar-refractivity contribution in [3.63, 3.8) is 0 Å². The highest BCUT2D eigenvalue weighted by atomic mass is 32.2. The second-order valence-corrected chi connectivity index (χ2v) is 9.47. The maximum Gasteiger partial charge on any atom is 0.257 e. The minimum Gasteiger partial charge on any atom is -0.379 e. The van der Waals surface area contributed by atoms with Crippen LogP contribution in [0.25, 0.3) is 0 Å². The van der Waals surface area contributed by atoms with Gasteiger partial charge in [0, 0.05) is 31.2 Å². The quantitative estimate of drug-likeness (QED) is 0.719. The summed E-state index contributed by atoms with van der Waals surface area (Å²) in [6.45, 7) is 3.66. The van der Waals surface area contributed by atoms with E-state index in [1.165, 1.54) is 10.4 Å². The first kappa shape index (κ1) is 22.1. The van der Waals surface area contributed by atoms with E-state index < -0.39 is 26.6 Å². The van der Waals surface area contributed by atoms with Gasteiger partial charge in [-0.05, 0) is 56.1 Å². The predicted molar refractivity (Wildman–Crippen MR) is 111 cm³/mol. The molecule has 1 atom stereocenters. The van der Waals surface area contributed by atoms with E-state index in [1.54, 1.807) is 0 Å². The van der Waals surface area contributed by atoms with Crippen molar-refractivity contribution >= 4 is 33.3 Å². The van der Waals surface area contributed by atoms with Crippen molar-refractivity contribution in [1.82, 2.24) is 14.5 Å². The molecular formula is C19H26FN3O4S2. The van der Waals surface area contributed by atoms with Crippen LogP contribution in [0.5, 0.6) is 0 Å². The molecule has 2 heterocycles. The van der Waals surface area contributed by atoms with E-state index in [4.69, 9.17) is 17.0 Å². The average molecular weight is 444 g/mol. The standard InChI is InChI=1S/C19H26FN3O4S2/c1-2-15-5-3-4-8-23(15)19(28)21-18(24)14-6-7-16(20)17(13-14)29(25,26)22-9-11-27-12-10-22/h6-7,13,15H,2-5,8-12H2,1H3,(H,21,24,28)/t15-/m0/s1. The summed E-state index contributed by atoms with van der Waals surface area (Å²) in [5.41, 5.74) is 0.0469. The third kappa shape index (κ3) is 4.93. The highest BCUT2D eigenvalue weighted by Crippen LogP contribution is 2.23.